The Balaban J connectivity index is -0.000000109. The van der Waals surface area contributed by atoms with Gasteiger partial charge < -0.3 is 5.11 Å². The fourth-order valence-corrected chi connectivity index (χ4v) is 0.545. The Kier molecular flexibility index (Phi) is 42.3. The number of halogens is 1. The molecule has 0 heterocycles. The van der Waals surface area contributed by atoms with Gasteiger partial charge in [0.25, 0.3) is 0 Å². The maximum absolute atomic E-state index is 8.25. The molecule has 0 bridgehead atoms. The van der Waals surface area contributed by atoms with Crippen molar-refractivity contribution in [2.24, 2.45) is 0 Å². The standard InChI is InChI=1S/C5H9Br.CH3O.Na/c1-2-3-4-5-6;1-2;/h2H,1,3-5H2;1H3;/q;-1;+1. The minimum Gasteiger partial charge on any atom is -0.857 e. The van der Waals surface area contributed by atoms with Crippen molar-refractivity contribution >= 4 is 15.9 Å². The third kappa shape index (κ3) is 27.1. The van der Waals surface area contributed by atoms with Gasteiger partial charge in [-0.2, -0.15) is 7.11 Å². The predicted molar refractivity (Wildman–Crippen MR) is 39.1 cm³/mol. The topological polar surface area (TPSA) is 23.1 Å². The summed E-state index contributed by atoms with van der Waals surface area (Å²) >= 11 is 3.30. The monoisotopic (exact) mass is 202 g/mol. The van der Waals surface area contributed by atoms with E-state index in [-0.39, 0.29) is 29.6 Å². The van der Waals surface area contributed by atoms with Crippen LogP contribution in [0.3, 0.4) is 0 Å². The van der Waals surface area contributed by atoms with Gasteiger partial charge in [0.1, 0.15) is 0 Å². The maximum Gasteiger partial charge on any atom is 1.00 e. The minimum absolute atomic E-state index is 0. The van der Waals surface area contributed by atoms with Crippen LogP contribution in [0.1, 0.15) is 12.8 Å². The molecule has 9 heavy (non-hydrogen) atoms. The normalized spacial score (nSPS) is 6.11. The van der Waals surface area contributed by atoms with Crippen molar-refractivity contribution in [3.05, 3.63) is 12.7 Å². The number of unbranched alkanes of at least 4 members (excludes halogenated alkanes) is 1. The summed E-state index contributed by atoms with van der Waals surface area (Å²) in [5.41, 5.74) is 0. The summed E-state index contributed by atoms with van der Waals surface area (Å²) in [7, 11) is 0.750. The Labute approximate surface area is 88.0 Å². The van der Waals surface area contributed by atoms with E-state index in [9.17, 15) is 0 Å². The van der Waals surface area contributed by atoms with Crippen molar-refractivity contribution in [2.75, 3.05) is 12.4 Å². The second kappa shape index (κ2) is 22.9. The smallest absolute Gasteiger partial charge is 0.857 e. The van der Waals surface area contributed by atoms with Crippen LogP contribution in [0.15, 0.2) is 12.7 Å². The number of hydrogen-bond acceptors (Lipinski definition) is 1. The van der Waals surface area contributed by atoms with Gasteiger partial charge in [-0.15, -0.1) is 6.58 Å². The van der Waals surface area contributed by atoms with E-state index in [0.29, 0.717) is 0 Å². The summed E-state index contributed by atoms with van der Waals surface area (Å²) in [6, 6.07) is 0. The molecule has 0 aromatic carbocycles. The van der Waals surface area contributed by atoms with E-state index in [1.807, 2.05) is 6.08 Å². The van der Waals surface area contributed by atoms with Crippen LogP contribution < -0.4 is 34.7 Å². The van der Waals surface area contributed by atoms with Crippen molar-refractivity contribution in [3.63, 3.8) is 0 Å². The van der Waals surface area contributed by atoms with Crippen LogP contribution in [0, 0.1) is 0 Å². The van der Waals surface area contributed by atoms with E-state index >= 15 is 0 Å². The second-order valence-corrected chi connectivity index (χ2v) is 1.91. The first-order valence-electron chi connectivity index (χ1n) is 2.49. The van der Waals surface area contributed by atoms with Crippen molar-refractivity contribution in [2.45, 2.75) is 12.8 Å². The van der Waals surface area contributed by atoms with Gasteiger partial charge in [-0.05, 0) is 12.8 Å². The van der Waals surface area contributed by atoms with Gasteiger partial charge in [-0.1, -0.05) is 22.0 Å². The fourth-order valence-electron chi connectivity index (χ4n) is 0.221. The number of rotatable bonds is 3. The molecule has 0 aromatic heterocycles. The Morgan fingerprint density at radius 1 is 1.56 bits per heavy atom. The molecule has 0 N–H and O–H groups in total. The zero-order valence-electron chi connectivity index (χ0n) is 6.19. The summed E-state index contributed by atoms with van der Waals surface area (Å²) in [6.45, 7) is 3.58. The predicted octanol–water partition coefficient (Wildman–Crippen LogP) is -1.67. The molecule has 0 radical (unpaired) electrons. The molecule has 0 aliphatic carbocycles. The first-order chi connectivity index (χ1) is 3.91. The van der Waals surface area contributed by atoms with Gasteiger partial charge >= 0.3 is 29.6 Å². The molecule has 0 saturated carbocycles. The van der Waals surface area contributed by atoms with E-state index in [2.05, 4.69) is 22.5 Å². The second-order valence-electron chi connectivity index (χ2n) is 1.12. The quantitative estimate of drug-likeness (QED) is 0.233. The third-order valence-electron chi connectivity index (χ3n) is 0.542. The van der Waals surface area contributed by atoms with Crippen LogP contribution in [-0.2, 0) is 0 Å². The Morgan fingerprint density at radius 2 is 2.00 bits per heavy atom. The fraction of sp³-hybridized carbons (Fsp3) is 0.667. The summed E-state index contributed by atoms with van der Waals surface area (Å²) in [4.78, 5) is 0. The number of alkyl halides is 1. The average molecular weight is 203 g/mol. The minimum atomic E-state index is 0. The zero-order valence-corrected chi connectivity index (χ0v) is 9.78. The number of hydrogen-bond donors (Lipinski definition) is 0. The Morgan fingerprint density at radius 3 is 2.11 bits per heavy atom. The largest absolute Gasteiger partial charge is 1.00 e. The van der Waals surface area contributed by atoms with Gasteiger partial charge in [0.05, 0.1) is 0 Å². The molecule has 0 unspecified atom stereocenters. The molecular weight excluding hydrogens is 191 g/mol. The van der Waals surface area contributed by atoms with Gasteiger partial charge in [-0.25, -0.2) is 0 Å². The van der Waals surface area contributed by atoms with Crippen molar-refractivity contribution in [1.29, 1.82) is 0 Å². The molecule has 0 aliphatic rings. The molecule has 0 spiro atoms. The van der Waals surface area contributed by atoms with Crippen LogP contribution in [-0.4, -0.2) is 12.4 Å². The molecule has 0 saturated heterocycles. The summed E-state index contributed by atoms with van der Waals surface area (Å²) in [5, 5.41) is 9.35. The zero-order chi connectivity index (χ0) is 6.83. The molecule has 0 amide bonds. The molecule has 0 rings (SSSR count). The van der Waals surface area contributed by atoms with Crippen LogP contribution in [0.5, 0.6) is 0 Å². The van der Waals surface area contributed by atoms with E-state index in [4.69, 9.17) is 5.11 Å². The van der Waals surface area contributed by atoms with Crippen LogP contribution >= 0.6 is 15.9 Å². The molecule has 50 valence electrons. The molecule has 3 heteroatoms. The molecular formula is C6H12BrNaO. The molecule has 0 fully saturated rings. The van der Waals surface area contributed by atoms with Crippen molar-refractivity contribution < 1.29 is 34.7 Å². The van der Waals surface area contributed by atoms with E-state index in [1.54, 1.807) is 0 Å². The summed E-state index contributed by atoms with van der Waals surface area (Å²) in [5.74, 6) is 0. The van der Waals surface area contributed by atoms with Gasteiger partial charge in [0.15, 0.2) is 0 Å². The first-order valence-corrected chi connectivity index (χ1v) is 3.61. The average Bonchev–Trinajstić information content (AvgIpc) is 1.88. The van der Waals surface area contributed by atoms with Crippen molar-refractivity contribution in [3.8, 4) is 0 Å². The summed E-state index contributed by atoms with van der Waals surface area (Å²) in [6.07, 6.45) is 4.27. The van der Waals surface area contributed by atoms with Crippen LogP contribution in [0.2, 0.25) is 0 Å². The van der Waals surface area contributed by atoms with Gasteiger partial charge in [-0.3, -0.25) is 0 Å². The van der Waals surface area contributed by atoms with Crippen LogP contribution in [0.25, 0.3) is 0 Å². The first kappa shape index (κ1) is 16.6. The summed E-state index contributed by atoms with van der Waals surface area (Å²) < 4.78 is 0. The van der Waals surface area contributed by atoms with E-state index < -0.39 is 0 Å². The molecule has 0 aliphatic heterocycles. The number of allylic oxidation sites excluding steroid dienone is 1. The Bertz CT molecular complexity index is 42.0. The Hall–Kier alpha value is 1.18. The van der Waals surface area contributed by atoms with Crippen molar-refractivity contribution in [1.82, 2.24) is 0 Å². The van der Waals surface area contributed by atoms with E-state index in [0.717, 1.165) is 18.9 Å². The SMILES string of the molecule is C=CCCCBr.C[O-].[Na+]. The van der Waals surface area contributed by atoms with Crippen LogP contribution in [0.4, 0.5) is 0 Å². The molecule has 0 aromatic rings. The molecule has 1 nitrogen and oxygen atoms in total. The van der Waals surface area contributed by atoms with Gasteiger partial charge in [0.2, 0.25) is 0 Å². The maximum atomic E-state index is 8.25. The third-order valence-corrected chi connectivity index (χ3v) is 1.10. The van der Waals surface area contributed by atoms with Gasteiger partial charge in [0, 0.05) is 5.33 Å². The van der Waals surface area contributed by atoms with E-state index in [1.165, 1.54) is 6.42 Å². The molecule has 0 atom stereocenters.